The third kappa shape index (κ3) is 4.46. The van der Waals surface area contributed by atoms with Gasteiger partial charge in [0.15, 0.2) is 0 Å². The molecule has 0 aliphatic heterocycles. The minimum Gasteiger partial charge on any atom is -0.507 e. The van der Waals surface area contributed by atoms with Crippen molar-refractivity contribution >= 4 is 12.0 Å². The van der Waals surface area contributed by atoms with Crippen LogP contribution in [0.4, 0.5) is 0 Å². The molecule has 2 rings (SSSR count). The van der Waals surface area contributed by atoms with E-state index in [4.69, 9.17) is 0 Å². The number of phenolic OH excluding ortho intramolecular Hbond substituents is 1. The van der Waals surface area contributed by atoms with Gasteiger partial charge in [0, 0.05) is 18.2 Å². The number of hydrogen-bond donors (Lipinski definition) is 3. The van der Waals surface area contributed by atoms with Crippen LogP contribution < -0.4 is 5.32 Å². The summed E-state index contributed by atoms with van der Waals surface area (Å²) in [6, 6.07) is 14.3. The number of benzene rings is 2. The van der Waals surface area contributed by atoms with Gasteiger partial charge < -0.3 is 15.5 Å². The third-order valence-electron chi connectivity index (χ3n) is 3.28. The second-order valence-electron chi connectivity index (χ2n) is 5.06. The normalized spacial score (nSPS) is 12.3. The predicted octanol–water partition coefficient (Wildman–Crippen LogP) is 2.56. The van der Waals surface area contributed by atoms with Crippen LogP contribution in [-0.4, -0.2) is 22.7 Å². The van der Waals surface area contributed by atoms with Gasteiger partial charge in [0.2, 0.25) is 5.91 Å². The summed E-state index contributed by atoms with van der Waals surface area (Å²) in [6.45, 7) is 2.11. The first kappa shape index (κ1) is 15.8. The first-order valence-corrected chi connectivity index (χ1v) is 7.05. The van der Waals surface area contributed by atoms with Gasteiger partial charge in [-0.2, -0.15) is 0 Å². The maximum Gasteiger partial charge on any atom is 0.244 e. The second-order valence-corrected chi connectivity index (χ2v) is 5.06. The van der Waals surface area contributed by atoms with E-state index >= 15 is 0 Å². The molecule has 1 amide bonds. The zero-order chi connectivity index (χ0) is 15.9. The highest BCUT2D eigenvalue weighted by Gasteiger charge is 2.08. The molecule has 4 nitrogen and oxygen atoms in total. The number of amides is 1. The Balaban J connectivity index is 1.87. The van der Waals surface area contributed by atoms with E-state index < -0.39 is 6.10 Å². The Hall–Kier alpha value is -2.59. The molecule has 1 atom stereocenters. The van der Waals surface area contributed by atoms with E-state index in [1.807, 2.05) is 31.2 Å². The van der Waals surface area contributed by atoms with Gasteiger partial charge in [0.25, 0.3) is 0 Å². The minimum absolute atomic E-state index is 0.117. The molecule has 0 aromatic heterocycles. The number of aromatic hydroxyl groups is 1. The Morgan fingerprint density at radius 1 is 1.18 bits per heavy atom. The molecule has 0 aliphatic carbocycles. The van der Waals surface area contributed by atoms with E-state index in [0.717, 1.165) is 11.1 Å². The Morgan fingerprint density at radius 2 is 1.86 bits per heavy atom. The number of aliphatic hydroxyl groups is 1. The first-order chi connectivity index (χ1) is 10.6. The van der Waals surface area contributed by atoms with Gasteiger partial charge in [-0.15, -0.1) is 0 Å². The summed E-state index contributed by atoms with van der Waals surface area (Å²) in [5.74, 6) is -0.208. The lowest BCUT2D eigenvalue weighted by molar-refractivity contribution is -0.116. The molecule has 0 heterocycles. The quantitative estimate of drug-likeness (QED) is 0.743. The highest BCUT2D eigenvalue weighted by atomic mass is 16.3. The van der Waals surface area contributed by atoms with Gasteiger partial charge in [-0.3, -0.25) is 4.79 Å². The molecule has 4 heteroatoms. The predicted molar refractivity (Wildman–Crippen MR) is 86.3 cm³/mol. The lowest BCUT2D eigenvalue weighted by Crippen LogP contribution is -2.26. The van der Waals surface area contributed by atoms with Gasteiger partial charge in [-0.25, -0.2) is 0 Å². The summed E-state index contributed by atoms with van der Waals surface area (Å²) >= 11 is 0. The summed E-state index contributed by atoms with van der Waals surface area (Å²) in [7, 11) is 0. The molecule has 3 N–H and O–H groups in total. The van der Waals surface area contributed by atoms with Crippen LogP contribution in [0.15, 0.2) is 54.6 Å². The SMILES string of the molecule is Cc1ccc(C(O)CNC(=O)/C=C/c2ccccc2O)cc1. The maximum atomic E-state index is 11.7. The molecule has 0 spiro atoms. The number of para-hydroxylation sites is 1. The van der Waals surface area contributed by atoms with Crippen LogP contribution in [0.2, 0.25) is 0 Å². The third-order valence-corrected chi connectivity index (χ3v) is 3.28. The van der Waals surface area contributed by atoms with Crippen LogP contribution in [0, 0.1) is 6.92 Å². The van der Waals surface area contributed by atoms with Crippen LogP contribution in [0.1, 0.15) is 22.8 Å². The largest absolute Gasteiger partial charge is 0.507 e. The number of rotatable bonds is 5. The fraction of sp³-hybridized carbons (Fsp3) is 0.167. The fourth-order valence-corrected chi connectivity index (χ4v) is 1.96. The van der Waals surface area contributed by atoms with Crippen LogP contribution in [0.5, 0.6) is 5.75 Å². The molecule has 114 valence electrons. The summed E-state index contributed by atoms with van der Waals surface area (Å²) in [4.78, 5) is 11.7. The van der Waals surface area contributed by atoms with Crippen molar-refractivity contribution in [3.8, 4) is 5.75 Å². The molecule has 0 radical (unpaired) electrons. The van der Waals surface area contributed by atoms with Crippen molar-refractivity contribution in [1.82, 2.24) is 5.32 Å². The molecule has 0 bridgehead atoms. The van der Waals surface area contributed by atoms with E-state index in [1.54, 1.807) is 24.3 Å². The van der Waals surface area contributed by atoms with Crippen LogP contribution in [-0.2, 0) is 4.79 Å². The van der Waals surface area contributed by atoms with Crippen molar-refractivity contribution in [2.75, 3.05) is 6.54 Å². The number of aryl methyl sites for hydroxylation is 1. The number of carbonyl (C=O) groups excluding carboxylic acids is 1. The van der Waals surface area contributed by atoms with Crippen LogP contribution in [0.3, 0.4) is 0 Å². The second kappa shape index (κ2) is 7.43. The number of aliphatic hydroxyl groups excluding tert-OH is 1. The van der Waals surface area contributed by atoms with Gasteiger partial charge >= 0.3 is 0 Å². The van der Waals surface area contributed by atoms with E-state index in [9.17, 15) is 15.0 Å². The molecular weight excluding hydrogens is 278 g/mol. The standard InChI is InChI=1S/C18H19NO3/c1-13-6-8-15(9-7-13)17(21)12-19-18(22)11-10-14-4-2-3-5-16(14)20/h2-11,17,20-21H,12H2,1H3,(H,19,22)/b11-10+. The molecule has 0 aliphatic rings. The van der Waals surface area contributed by atoms with E-state index in [0.29, 0.717) is 5.56 Å². The van der Waals surface area contributed by atoms with E-state index in [1.165, 1.54) is 12.2 Å². The van der Waals surface area contributed by atoms with Crippen molar-refractivity contribution in [3.05, 3.63) is 71.3 Å². The average Bonchev–Trinajstić information content (AvgIpc) is 2.52. The van der Waals surface area contributed by atoms with Crippen molar-refractivity contribution < 1.29 is 15.0 Å². The lowest BCUT2D eigenvalue weighted by atomic mass is 10.1. The highest BCUT2D eigenvalue weighted by molar-refractivity contribution is 5.92. The molecular formula is C18H19NO3. The lowest BCUT2D eigenvalue weighted by Gasteiger charge is -2.11. The Kier molecular flexibility index (Phi) is 5.33. The average molecular weight is 297 g/mol. The summed E-state index contributed by atoms with van der Waals surface area (Å²) < 4.78 is 0. The zero-order valence-corrected chi connectivity index (χ0v) is 12.4. The first-order valence-electron chi connectivity index (χ1n) is 7.05. The summed E-state index contributed by atoms with van der Waals surface area (Å²) in [5, 5.41) is 22.2. The van der Waals surface area contributed by atoms with E-state index in [-0.39, 0.29) is 18.2 Å². The van der Waals surface area contributed by atoms with E-state index in [2.05, 4.69) is 5.32 Å². The number of carbonyl (C=O) groups is 1. The minimum atomic E-state index is -0.747. The molecule has 2 aromatic carbocycles. The number of phenols is 1. The van der Waals surface area contributed by atoms with Gasteiger partial charge in [-0.1, -0.05) is 48.0 Å². The number of nitrogens with one attached hydrogen (secondary N) is 1. The maximum absolute atomic E-state index is 11.7. The van der Waals surface area contributed by atoms with Crippen molar-refractivity contribution in [2.45, 2.75) is 13.0 Å². The van der Waals surface area contributed by atoms with Crippen molar-refractivity contribution in [2.24, 2.45) is 0 Å². The molecule has 1 unspecified atom stereocenters. The van der Waals surface area contributed by atoms with Gasteiger partial charge in [-0.05, 0) is 24.6 Å². The summed E-state index contributed by atoms with van der Waals surface area (Å²) in [6.07, 6.45) is 2.11. The Morgan fingerprint density at radius 3 is 2.55 bits per heavy atom. The molecule has 0 saturated carbocycles. The van der Waals surface area contributed by atoms with Crippen molar-refractivity contribution in [3.63, 3.8) is 0 Å². The topological polar surface area (TPSA) is 69.6 Å². The molecule has 2 aromatic rings. The smallest absolute Gasteiger partial charge is 0.244 e. The zero-order valence-electron chi connectivity index (χ0n) is 12.4. The molecule has 0 fully saturated rings. The number of hydrogen-bond acceptors (Lipinski definition) is 3. The highest BCUT2D eigenvalue weighted by Crippen LogP contribution is 2.17. The molecule has 22 heavy (non-hydrogen) atoms. The Labute approximate surface area is 129 Å². The van der Waals surface area contributed by atoms with Crippen molar-refractivity contribution in [1.29, 1.82) is 0 Å². The van der Waals surface area contributed by atoms with Gasteiger partial charge in [0.05, 0.1) is 6.10 Å². The molecule has 0 saturated heterocycles. The van der Waals surface area contributed by atoms with Crippen LogP contribution in [0.25, 0.3) is 6.08 Å². The summed E-state index contributed by atoms with van der Waals surface area (Å²) in [5.41, 5.74) is 2.44. The fourth-order valence-electron chi connectivity index (χ4n) is 1.96. The Bertz CT molecular complexity index is 662. The van der Waals surface area contributed by atoms with Gasteiger partial charge in [0.1, 0.15) is 5.75 Å². The van der Waals surface area contributed by atoms with Crippen LogP contribution >= 0.6 is 0 Å². The monoisotopic (exact) mass is 297 g/mol.